The van der Waals surface area contributed by atoms with Crippen molar-refractivity contribution in [1.29, 1.82) is 0 Å². The molecule has 26 heavy (non-hydrogen) atoms. The Morgan fingerprint density at radius 1 is 1.27 bits per heavy atom. The second kappa shape index (κ2) is 8.53. The van der Waals surface area contributed by atoms with Crippen molar-refractivity contribution in [1.82, 2.24) is 9.62 Å². The van der Waals surface area contributed by atoms with Gasteiger partial charge in [-0.25, -0.2) is 8.42 Å². The first-order valence-electron chi connectivity index (χ1n) is 9.55. The maximum atomic E-state index is 13.2. The SMILES string of the molecule is CCC[C@H](C)NC(=O)[C@H]1CCCN(S(=O)(=O)c2c(C)cc(C)cc2C)C1. The molecule has 2 atom stereocenters. The first-order valence-corrected chi connectivity index (χ1v) is 11.0. The van der Waals surface area contributed by atoms with Crippen LogP contribution in [0.5, 0.6) is 0 Å². The van der Waals surface area contributed by atoms with E-state index in [4.69, 9.17) is 0 Å². The summed E-state index contributed by atoms with van der Waals surface area (Å²) in [5.74, 6) is -0.299. The van der Waals surface area contributed by atoms with E-state index in [-0.39, 0.29) is 24.4 Å². The van der Waals surface area contributed by atoms with Crippen LogP contribution in [-0.2, 0) is 14.8 Å². The van der Waals surface area contributed by atoms with Gasteiger partial charge in [0.1, 0.15) is 0 Å². The van der Waals surface area contributed by atoms with Gasteiger partial charge in [-0.3, -0.25) is 4.79 Å². The Morgan fingerprint density at radius 2 is 1.88 bits per heavy atom. The van der Waals surface area contributed by atoms with Gasteiger partial charge in [0.25, 0.3) is 0 Å². The average molecular weight is 381 g/mol. The van der Waals surface area contributed by atoms with Crippen molar-refractivity contribution in [3.63, 3.8) is 0 Å². The second-order valence-electron chi connectivity index (χ2n) is 7.63. The molecule has 1 N–H and O–H groups in total. The first-order chi connectivity index (χ1) is 12.2. The molecule has 1 saturated heterocycles. The van der Waals surface area contributed by atoms with Crippen molar-refractivity contribution in [3.05, 3.63) is 28.8 Å². The van der Waals surface area contributed by atoms with Crippen LogP contribution in [0.1, 0.15) is 56.2 Å². The number of piperidine rings is 1. The summed E-state index contributed by atoms with van der Waals surface area (Å²) in [6, 6.07) is 3.93. The third kappa shape index (κ3) is 4.65. The predicted octanol–water partition coefficient (Wildman–Crippen LogP) is 3.32. The monoisotopic (exact) mass is 380 g/mol. The van der Waals surface area contributed by atoms with Crippen molar-refractivity contribution in [3.8, 4) is 0 Å². The van der Waals surface area contributed by atoms with Crippen LogP contribution in [-0.4, -0.2) is 37.8 Å². The maximum Gasteiger partial charge on any atom is 0.243 e. The van der Waals surface area contributed by atoms with Crippen LogP contribution >= 0.6 is 0 Å². The third-order valence-corrected chi connectivity index (χ3v) is 7.24. The van der Waals surface area contributed by atoms with E-state index >= 15 is 0 Å². The molecule has 1 aliphatic heterocycles. The van der Waals surface area contributed by atoms with Gasteiger partial charge in [0, 0.05) is 19.1 Å². The van der Waals surface area contributed by atoms with E-state index in [1.54, 1.807) is 0 Å². The number of nitrogens with zero attached hydrogens (tertiary/aromatic N) is 1. The van der Waals surface area contributed by atoms with Gasteiger partial charge in [-0.1, -0.05) is 31.0 Å². The molecule has 0 saturated carbocycles. The Balaban J connectivity index is 2.19. The number of hydrogen-bond donors (Lipinski definition) is 1. The Labute approximate surface area is 158 Å². The Morgan fingerprint density at radius 3 is 2.46 bits per heavy atom. The topological polar surface area (TPSA) is 66.5 Å². The fourth-order valence-electron chi connectivity index (χ4n) is 3.94. The summed E-state index contributed by atoms with van der Waals surface area (Å²) in [7, 11) is -3.59. The van der Waals surface area contributed by atoms with Gasteiger partial charge in [-0.15, -0.1) is 0 Å². The summed E-state index contributed by atoms with van der Waals surface area (Å²) in [6.45, 7) is 10.5. The van der Waals surface area contributed by atoms with E-state index in [2.05, 4.69) is 12.2 Å². The highest BCUT2D eigenvalue weighted by Gasteiger charge is 2.35. The zero-order chi connectivity index (χ0) is 19.5. The molecule has 1 fully saturated rings. The lowest BCUT2D eigenvalue weighted by Crippen LogP contribution is -2.47. The zero-order valence-corrected chi connectivity index (χ0v) is 17.4. The normalized spacial score (nSPS) is 20.0. The highest BCUT2D eigenvalue weighted by molar-refractivity contribution is 7.89. The number of aryl methyl sites for hydroxylation is 3. The lowest BCUT2D eigenvalue weighted by Gasteiger charge is -2.32. The number of carbonyl (C=O) groups is 1. The predicted molar refractivity (Wildman–Crippen MR) is 105 cm³/mol. The van der Waals surface area contributed by atoms with Crippen LogP contribution in [0, 0.1) is 26.7 Å². The molecule has 2 rings (SSSR count). The summed E-state index contributed by atoms with van der Waals surface area (Å²) in [6.07, 6.45) is 3.40. The molecule has 1 aromatic rings. The number of carbonyl (C=O) groups excluding carboxylic acids is 1. The van der Waals surface area contributed by atoms with Crippen molar-refractivity contribution < 1.29 is 13.2 Å². The Kier molecular flexibility index (Phi) is 6.86. The molecule has 0 spiro atoms. The van der Waals surface area contributed by atoms with Crippen LogP contribution in [0.25, 0.3) is 0 Å². The van der Waals surface area contributed by atoms with E-state index in [0.717, 1.165) is 36.0 Å². The second-order valence-corrected chi connectivity index (χ2v) is 9.50. The molecule has 6 heteroatoms. The lowest BCUT2D eigenvalue weighted by molar-refractivity contribution is -0.126. The van der Waals surface area contributed by atoms with Crippen LogP contribution in [0.2, 0.25) is 0 Å². The molecular formula is C20H32N2O3S. The number of benzene rings is 1. The van der Waals surface area contributed by atoms with E-state index < -0.39 is 10.0 Å². The van der Waals surface area contributed by atoms with Gasteiger partial charge in [-0.2, -0.15) is 4.31 Å². The molecule has 1 aliphatic rings. The standard InChI is InChI=1S/C20H32N2O3S/c1-6-8-17(5)21-20(23)18-9-7-10-22(13-18)26(24,25)19-15(3)11-14(2)12-16(19)4/h11-12,17-18H,6-10,13H2,1-5H3,(H,21,23)/t17-,18-/m0/s1. The van der Waals surface area contributed by atoms with Crippen molar-refractivity contribution >= 4 is 15.9 Å². The molecule has 0 unspecified atom stereocenters. The third-order valence-electron chi connectivity index (χ3n) is 5.07. The molecule has 146 valence electrons. The van der Waals surface area contributed by atoms with Crippen LogP contribution in [0.4, 0.5) is 0 Å². The van der Waals surface area contributed by atoms with Crippen molar-refractivity contribution in [2.45, 2.75) is 71.2 Å². The number of amides is 1. The highest BCUT2D eigenvalue weighted by atomic mass is 32.2. The molecule has 0 aliphatic carbocycles. The molecule has 0 bridgehead atoms. The van der Waals surface area contributed by atoms with Gasteiger partial charge >= 0.3 is 0 Å². The Bertz CT molecular complexity index is 735. The zero-order valence-electron chi connectivity index (χ0n) is 16.6. The molecule has 1 amide bonds. The Hall–Kier alpha value is -1.40. The molecule has 0 radical (unpaired) electrons. The quantitative estimate of drug-likeness (QED) is 0.823. The molecular weight excluding hydrogens is 348 g/mol. The summed E-state index contributed by atoms with van der Waals surface area (Å²) in [4.78, 5) is 12.9. The minimum absolute atomic E-state index is 0.0248. The van der Waals surface area contributed by atoms with Gasteiger partial charge in [0.05, 0.1) is 10.8 Å². The van der Waals surface area contributed by atoms with Crippen LogP contribution in [0.3, 0.4) is 0 Å². The van der Waals surface area contributed by atoms with Crippen molar-refractivity contribution in [2.75, 3.05) is 13.1 Å². The minimum atomic E-state index is -3.59. The van der Waals surface area contributed by atoms with Gasteiger partial charge < -0.3 is 5.32 Å². The van der Waals surface area contributed by atoms with E-state index in [1.165, 1.54) is 4.31 Å². The first kappa shape index (κ1) is 20.9. The van der Waals surface area contributed by atoms with E-state index in [0.29, 0.717) is 17.9 Å². The fraction of sp³-hybridized carbons (Fsp3) is 0.650. The smallest absolute Gasteiger partial charge is 0.243 e. The molecule has 1 aromatic carbocycles. The van der Waals surface area contributed by atoms with Crippen LogP contribution in [0.15, 0.2) is 17.0 Å². The molecule has 0 aromatic heterocycles. The van der Waals surface area contributed by atoms with E-state index in [1.807, 2.05) is 39.8 Å². The van der Waals surface area contributed by atoms with Gasteiger partial charge in [-0.05, 0) is 58.1 Å². The number of rotatable bonds is 6. The summed E-state index contributed by atoms with van der Waals surface area (Å²) in [5, 5.41) is 3.03. The largest absolute Gasteiger partial charge is 0.353 e. The lowest BCUT2D eigenvalue weighted by atomic mass is 9.98. The minimum Gasteiger partial charge on any atom is -0.353 e. The van der Waals surface area contributed by atoms with Gasteiger partial charge in [0.15, 0.2) is 0 Å². The molecule has 1 heterocycles. The van der Waals surface area contributed by atoms with Crippen molar-refractivity contribution in [2.24, 2.45) is 5.92 Å². The number of hydrogen-bond acceptors (Lipinski definition) is 3. The van der Waals surface area contributed by atoms with E-state index in [9.17, 15) is 13.2 Å². The van der Waals surface area contributed by atoms with Crippen LogP contribution < -0.4 is 5.32 Å². The van der Waals surface area contributed by atoms with Gasteiger partial charge in [0.2, 0.25) is 15.9 Å². The molecule has 5 nitrogen and oxygen atoms in total. The maximum absolute atomic E-state index is 13.2. The number of nitrogens with one attached hydrogen (secondary N) is 1. The summed E-state index contributed by atoms with van der Waals surface area (Å²) in [5.41, 5.74) is 2.59. The summed E-state index contributed by atoms with van der Waals surface area (Å²) < 4.78 is 28.0. The average Bonchev–Trinajstić information content (AvgIpc) is 2.53. The number of sulfonamides is 1. The fourth-order valence-corrected chi connectivity index (χ4v) is 5.88. The summed E-state index contributed by atoms with van der Waals surface area (Å²) >= 11 is 0. The highest BCUT2D eigenvalue weighted by Crippen LogP contribution is 2.29.